The lowest BCUT2D eigenvalue weighted by atomic mass is 10.1. The highest BCUT2D eigenvalue weighted by molar-refractivity contribution is 7.90. The first-order chi connectivity index (χ1) is 14.3. The van der Waals surface area contributed by atoms with Crippen LogP contribution in [0.15, 0.2) is 76.2 Å². The first kappa shape index (κ1) is 20.1. The average molecular weight is 439 g/mol. The van der Waals surface area contributed by atoms with Gasteiger partial charge in [0.05, 0.1) is 16.9 Å². The highest BCUT2D eigenvalue weighted by Crippen LogP contribution is 2.35. The van der Waals surface area contributed by atoms with Crippen molar-refractivity contribution in [2.45, 2.75) is 11.8 Å². The van der Waals surface area contributed by atoms with Crippen LogP contribution in [0, 0.1) is 6.92 Å². The third kappa shape index (κ3) is 4.05. The van der Waals surface area contributed by atoms with Gasteiger partial charge in [-0.25, -0.2) is 13.4 Å². The summed E-state index contributed by atoms with van der Waals surface area (Å²) in [5.41, 5.74) is 2.54. The van der Waals surface area contributed by atoms with E-state index in [0.717, 1.165) is 17.4 Å². The number of anilines is 1. The van der Waals surface area contributed by atoms with Crippen LogP contribution in [-0.2, 0) is 9.84 Å². The predicted molar refractivity (Wildman–Crippen MR) is 117 cm³/mol. The van der Waals surface area contributed by atoms with Gasteiger partial charge in [-0.3, -0.25) is 4.79 Å². The maximum Gasteiger partial charge on any atom is 0.268 e. The van der Waals surface area contributed by atoms with Gasteiger partial charge in [0.1, 0.15) is 4.88 Å². The smallest absolute Gasteiger partial charge is 0.268 e. The minimum atomic E-state index is -3.39. The van der Waals surface area contributed by atoms with Crippen LogP contribution in [0.1, 0.15) is 15.2 Å². The molecule has 0 fully saturated rings. The van der Waals surface area contributed by atoms with Gasteiger partial charge in [0.25, 0.3) is 5.91 Å². The second-order valence-electron chi connectivity index (χ2n) is 6.74. The molecule has 0 aliphatic rings. The SMILES string of the molecule is Cc1ccc(S(C)(=O)=O)cc1NC(=O)c1sc(-c2ccco2)nc1-c1ccccc1. The van der Waals surface area contributed by atoms with Gasteiger partial charge in [-0.15, -0.1) is 11.3 Å². The zero-order chi connectivity index (χ0) is 21.3. The van der Waals surface area contributed by atoms with E-state index >= 15 is 0 Å². The number of benzene rings is 2. The Bertz CT molecular complexity index is 1310. The third-order valence-corrected chi connectivity index (χ3v) is 6.68. The summed E-state index contributed by atoms with van der Waals surface area (Å²) in [5, 5.41) is 3.43. The largest absolute Gasteiger partial charge is 0.462 e. The minimum Gasteiger partial charge on any atom is -0.462 e. The molecule has 0 spiro atoms. The van der Waals surface area contributed by atoms with Crippen LogP contribution in [0.5, 0.6) is 0 Å². The van der Waals surface area contributed by atoms with Gasteiger partial charge in [0.15, 0.2) is 20.6 Å². The lowest BCUT2D eigenvalue weighted by Crippen LogP contribution is -2.13. The van der Waals surface area contributed by atoms with E-state index in [1.165, 1.54) is 23.5 Å². The Morgan fingerprint density at radius 3 is 2.50 bits per heavy atom. The highest BCUT2D eigenvalue weighted by Gasteiger charge is 2.22. The summed E-state index contributed by atoms with van der Waals surface area (Å²) in [6.07, 6.45) is 2.69. The van der Waals surface area contributed by atoms with E-state index in [-0.39, 0.29) is 10.8 Å². The Morgan fingerprint density at radius 2 is 1.83 bits per heavy atom. The van der Waals surface area contributed by atoms with Crippen molar-refractivity contribution in [2.24, 2.45) is 0 Å². The maximum absolute atomic E-state index is 13.2. The number of carbonyl (C=O) groups is 1. The van der Waals surface area contributed by atoms with Crippen LogP contribution >= 0.6 is 11.3 Å². The summed E-state index contributed by atoms with van der Waals surface area (Å²) in [5.74, 6) is 0.212. The molecule has 0 saturated carbocycles. The van der Waals surface area contributed by atoms with E-state index < -0.39 is 9.84 Å². The topological polar surface area (TPSA) is 89.3 Å². The quantitative estimate of drug-likeness (QED) is 0.472. The van der Waals surface area contributed by atoms with E-state index in [1.54, 1.807) is 31.4 Å². The molecule has 6 nitrogen and oxygen atoms in total. The van der Waals surface area contributed by atoms with Crippen LogP contribution in [0.2, 0.25) is 0 Å². The second-order valence-corrected chi connectivity index (χ2v) is 9.76. The molecule has 1 N–H and O–H groups in total. The van der Waals surface area contributed by atoms with Crippen LogP contribution in [0.3, 0.4) is 0 Å². The van der Waals surface area contributed by atoms with Crippen LogP contribution in [0.25, 0.3) is 22.0 Å². The molecular weight excluding hydrogens is 420 g/mol. The van der Waals surface area contributed by atoms with Crippen LogP contribution in [0.4, 0.5) is 5.69 Å². The molecule has 2 heterocycles. The van der Waals surface area contributed by atoms with Gasteiger partial charge in [-0.05, 0) is 36.8 Å². The summed E-state index contributed by atoms with van der Waals surface area (Å²) in [4.78, 5) is 18.4. The molecule has 0 aliphatic heterocycles. The number of rotatable bonds is 5. The van der Waals surface area contributed by atoms with Crippen molar-refractivity contribution in [3.63, 3.8) is 0 Å². The highest BCUT2D eigenvalue weighted by atomic mass is 32.2. The number of aryl methyl sites for hydroxylation is 1. The Labute approximate surface area is 178 Å². The van der Waals surface area contributed by atoms with Crippen LogP contribution in [-0.4, -0.2) is 25.6 Å². The van der Waals surface area contributed by atoms with Gasteiger partial charge in [-0.2, -0.15) is 0 Å². The van der Waals surface area contributed by atoms with E-state index in [0.29, 0.717) is 27.0 Å². The van der Waals surface area contributed by atoms with Crippen molar-refractivity contribution >= 4 is 32.8 Å². The zero-order valence-electron chi connectivity index (χ0n) is 16.2. The maximum atomic E-state index is 13.2. The number of nitrogens with zero attached hydrogens (tertiary/aromatic N) is 1. The fourth-order valence-electron chi connectivity index (χ4n) is 2.92. The molecule has 8 heteroatoms. The lowest BCUT2D eigenvalue weighted by molar-refractivity contribution is 0.103. The fraction of sp³-hybridized carbons (Fsp3) is 0.0909. The van der Waals surface area contributed by atoms with E-state index in [9.17, 15) is 13.2 Å². The monoisotopic (exact) mass is 438 g/mol. The predicted octanol–water partition coefficient (Wildman–Crippen LogP) is 5.03. The Kier molecular flexibility index (Phi) is 5.27. The molecule has 0 bridgehead atoms. The molecule has 0 saturated heterocycles. The van der Waals surface area contributed by atoms with Gasteiger partial charge in [-0.1, -0.05) is 36.4 Å². The van der Waals surface area contributed by atoms with Gasteiger partial charge < -0.3 is 9.73 Å². The van der Waals surface area contributed by atoms with Gasteiger partial charge in [0.2, 0.25) is 0 Å². The molecule has 152 valence electrons. The molecule has 4 rings (SSSR count). The van der Waals surface area contributed by atoms with E-state index in [4.69, 9.17) is 4.42 Å². The number of aromatic nitrogens is 1. The van der Waals surface area contributed by atoms with E-state index in [2.05, 4.69) is 10.3 Å². The van der Waals surface area contributed by atoms with Crippen molar-refractivity contribution in [1.82, 2.24) is 4.98 Å². The van der Waals surface area contributed by atoms with Crippen molar-refractivity contribution in [3.8, 4) is 22.0 Å². The molecule has 0 radical (unpaired) electrons. The summed E-state index contributed by atoms with van der Waals surface area (Å²) in [6, 6.07) is 17.6. The number of nitrogens with one attached hydrogen (secondary N) is 1. The molecule has 4 aromatic rings. The summed E-state index contributed by atoms with van der Waals surface area (Å²) < 4.78 is 29.2. The Hall–Kier alpha value is -3.23. The zero-order valence-corrected chi connectivity index (χ0v) is 17.9. The number of thiazole rings is 1. The molecule has 0 aliphatic carbocycles. The Morgan fingerprint density at radius 1 is 1.07 bits per heavy atom. The van der Waals surface area contributed by atoms with Crippen molar-refractivity contribution in [2.75, 3.05) is 11.6 Å². The van der Waals surface area contributed by atoms with Gasteiger partial charge >= 0.3 is 0 Å². The fourth-order valence-corrected chi connectivity index (χ4v) is 4.51. The summed E-state index contributed by atoms with van der Waals surface area (Å²) in [7, 11) is -3.39. The minimum absolute atomic E-state index is 0.146. The molecule has 2 aromatic heterocycles. The number of carbonyl (C=O) groups excluding carboxylic acids is 1. The van der Waals surface area contributed by atoms with Crippen molar-refractivity contribution in [3.05, 3.63) is 77.4 Å². The molecule has 1 amide bonds. The van der Waals surface area contributed by atoms with Gasteiger partial charge in [0, 0.05) is 17.5 Å². The summed E-state index contributed by atoms with van der Waals surface area (Å²) in [6.45, 7) is 1.81. The van der Waals surface area contributed by atoms with Crippen molar-refractivity contribution in [1.29, 1.82) is 0 Å². The number of sulfone groups is 1. The standard InChI is InChI=1S/C22H18N2O4S2/c1-14-10-11-16(30(2,26)27)13-17(14)23-21(25)20-19(15-7-4-3-5-8-15)24-22(29-20)18-9-6-12-28-18/h3-13H,1-2H3,(H,23,25). The van der Waals surface area contributed by atoms with Crippen molar-refractivity contribution < 1.29 is 17.6 Å². The summed E-state index contributed by atoms with van der Waals surface area (Å²) >= 11 is 1.22. The molecular formula is C22H18N2O4S2. The first-order valence-corrected chi connectivity index (χ1v) is 11.8. The molecule has 0 atom stereocenters. The number of furan rings is 1. The third-order valence-electron chi connectivity index (χ3n) is 4.50. The first-order valence-electron chi connectivity index (χ1n) is 9.05. The molecule has 2 aromatic carbocycles. The number of hydrogen-bond donors (Lipinski definition) is 1. The van der Waals surface area contributed by atoms with Crippen LogP contribution < -0.4 is 5.32 Å². The van der Waals surface area contributed by atoms with E-state index in [1.807, 2.05) is 30.3 Å². The molecule has 0 unspecified atom stereocenters. The Balaban J connectivity index is 1.76. The lowest BCUT2D eigenvalue weighted by Gasteiger charge is -2.10. The number of hydrogen-bond acceptors (Lipinski definition) is 6. The number of amides is 1. The molecule has 30 heavy (non-hydrogen) atoms. The normalized spacial score (nSPS) is 11.4. The second kappa shape index (κ2) is 7.89. The average Bonchev–Trinajstić information content (AvgIpc) is 3.39.